The maximum atomic E-state index is 5.85. The number of hydrogen-bond donors (Lipinski definition) is 0. The van der Waals surface area contributed by atoms with Gasteiger partial charge in [0.05, 0.1) is 5.69 Å². The van der Waals surface area contributed by atoms with Gasteiger partial charge in [-0.05, 0) is 56.3 Å². The predicted octanol–water partition coefficient (Wildman–Crippen LogP) is 2.92. The summed E-state index contributed by atoms with van der Waals surface area (Å²) in [6, 6.07) is 0.653. The van der Waals surface area contributed by atoms with Crippen molar-refractivity contribution in [3.63, 3.8) is 0 Å². The van der Waals surface area contributed by atoms with Gasteiger partial charge in [0, 0.05) is 12.5 Å². The Hall–Kier alpha value is -0.540. The minimum Gasteiger partial charge on any atom is -0.432 e. The summed E-state index contributed by atoms with van der Waals surface area (Å²) in [6.45, 7) is 4.70. The molecule has 1 aliphatic heterocycles. The van der Waals surface area contributed by atoms with Crippen LogP contribution in [0, 0.1) is 5.92 Å². The first-order valence-electron chi connectivity index (χ1n) is 6.66. The SMILES string of the molecule is CCCN1CCC[C@@H]2Cc3nc(Cl)oc3C[C@H]21. The van der Waals surface area contributed by atoms with E-state index in [0.717, 1.165) is 30.2 Å². The third-order valence-corrected chi connectivity index (χ3v) is 4.31. The summed E-state index contributed by atoms with van der Waals surface area (Å²) >= 11 is 5.85. The van der Waals surface area contributed by atoms with Crippen LogP contribution in [0.3, 0.4) is 0 Å². The molecule has 1 aliphatic carbocycles. The van der Waals surface area contributed by atoms with Gasteiger partial charge in [-0.1, -0.05) is 6.92 Å². The topological polar surface area (TPSA) is 29.3 Å². The second-order valence-corrected chi connectivity index (χ2v) is 5.57. The van der Waals surface area contributed by atoms with E-state index in [2.05, 4.69) is 16.8 Å². The van der Waals surface area contributed by atoms with Crippen molar-refractivity contribution in [2.24, 2.45) is 5.92 Å². The Bertz CT molecular complexity index is 402. The number of fused-ring (bicyclic) bond motifs is 2. The minimum atomic E-state index is 0.315. The smallest absolute Gasteiger partial charge is 0.292 e. The average molecular weight is 255 g/mol. The molecule has 0 saturated carbocycles. The fourth-order valence-corrected chi connectivity index (χ4v) is 3.62. The molecule has 0 N–H and O–H groups in total. The van der Waals surface area contributed by atoms with Gasteiger partial charge in [0.25, 0.3) is 5.35 Å². The van der Waals surface area contributed by atoms with E-state index in [9.17, 15) is 0 Å². The van der Waals surface area contributed by atoms with Crippen LogP contribution in [0.15, 0.2) is 4.42 Å². The molecule has 2 heterocycles. The van der Waals surface area contributed by atoms with Gasteiger partial charge in [-0.3, -0.25) is 4.90 Å². The molecule has 0 unspecified atom stereocenters. The quantitative estimate of drug-likeness (QED) is 0.813. The van der Waals surface area contributed by atoms with Gasteiger partial charge in [0.2, 0.25) is 0 Å². The summed E-state index contributed by atoms with van der Waals surface area (Å²) in [4.78, 5) is 6.93. The van der Waals surface area contributed by atoms with Crippen molar-refractivity contribution in [3.8, 4) is 0 Å². The Morgan fingerprint density at radius 1 is 1.47 bits per heavy atom. The zero-order valence-corrected chi connectivity index (χ0v) is 11.0. The molecular weight excluding hydrogens is 236 g/mol. The van der Waals surface area contributed by atoms with Crippen LogP contribution in [0.2, 0.25) is 5.35 Å². The Morgan fingerprint density at radius 3 is 3.18 bits per heavy atom. The van der Waals surface area contributed by atoms with E-state index in [0.29, 0.717) is 11.4 Å². The molecule has 3 rings (SSSR count). The monoisotopic (exact) mass is 254 g/mol. The summed E-state index contributed by atoms with van der Waals surface area (Å²) in [7, 11) is 0. The lowest BCUT2D eigenvalue weighted by Gasteiger charge is -2.43. The number of likely N-dealkylation sites (tertiary alicyclic amines) is 1. The molecular formula is C13H19ClN2O. The minimum absolute atomic E-state index is 0.315. The van der Waals surface area contributed by atoms with Crippen molar-refractivity contribution in [1.29, 1.82) is 0 Å². The largest absolute Gasteiger partial charge is 0.432 e. The zero-order chi connectivity index (χ0) is 11.8. The van der Waals surface area contributed by atoms with Crippen molar-refractivity contribution in [2.45, 2.75) is 45.1 Å². The molecule has 1 saturated heterocycles. The van der Waals surface area contributed by atoms with Crippen LogP contribution in [-0.2, 0) is 12.8 Å². The maximum Gasteiger partial charge on any atom is 0.292 e. The van der Waals surface area contributed by atoms with Crippen LogP contribution < -0.4 is 0 Å². The van der Waals surface area contributed by atoms with E-state index in [1.807, 2.05) is 0 Å². The summed E-state index contributed by atoms with van der Waals surface area (Å²) in [6.07, 6.45) is 5.93. The van der Waals surface area contributed by atoms with Crippen molar-refractivity contribution < 1.29 is 4.42 Å². The molecule has 17 heavy (non-hydrogen) atoms. The van der Waals surface area contributed by atoms with Gasteiger partial charge in [0.1, 0.15) is 5.76 Å². The molecule has 1 aromatic rings. The zero-order valence-electron chi connectivity index (χ0n) is 10.3. The van der Waals surface area contributed by atoms with Gasteiger partial charge in [0.15, 0.2) is 0 Å². The maximum absolute atomic E-state index is 5.85. The first-order valence-corrected chi connectivity index (χ1v) is 7.04. The normalized spacial score (nSPS) is 28.8. The number of nitrogens with zero attached hydrogens (tertiary/aromatic N) is 2. The third kappa shape index (κ3) is 2.11. The molecule has 0 bridgehead atoms. The second kappa shape index (κ2) is 4.62. The second-order valence-electron chi connectivity index (χ2n) is 5.25. The third-order valence-electron chi connectivity index (χ3n) is 4.15. The Kier molecular flexibility index (Phi) is 3.14. The predicted molar refractivity (Wildman–Crippen MR) is 67.3 cm³/mol. The van der Waals surface area contributed by atoms with Crippen LogP contribution >= 0.6 is 11.6 Å². The van der Waals surface area contributed by atoms with E-state index in [1.165, 1.54) is 32.4 Å². The van der Waals surface area contributed by atoms with Crippen molar-refractivity contribution in [1.82, 2.24) is 9.88 Å². The molecule has 0 amide bonds. The summed E-state index contributed by atoms with van der Waals surface area (Å²) in [5.74, 6) is 1.78. The van der Waals surface area contributed by atoms with E-state index in [1.54, 1.807) is 0 Å². The number of hydrogen-bond acceptors (Lipinski definition) is 3. The lowest BCUT2D eigenvalue weighted by Crippen LogP contribution is -2.49. The van der Waals surface area contributed by atoms with Crippen LogP contribution in [0.1, 0.15) is 37.6 Å². The molecule has 2 aliphatic rings. The van der Waals surface area contributed by atoms with E-state index < -0.39 is 0 Å². The lowest BCUT2D eigenvalue weighted by molar-refractivity contribution is 0.0799. The van der Waals surface area contributed by atoms with Crippen molar-refractivity contribution >= 4 is 11.6 Å². The van der Waals surface area contributed by atoms with Gasteiger partial charge in [-0.15, -0.1) is 0 Å². The van der Waals surface area contributed by atoms with E-state index in [4.69, 9.17) is 16.0 Å². The molecule has 0 spiro atoms. The Labute approximate surface area is 107 Å². The fourth-order valence-electron chi connectivity index (χ4n) is 3.42. The molecule has 1 aromatic heterocycles. The molecule has 2 atom stereocenters. The highest BCUT2D eigenvalue weighted by Crippen LogP contribution is 2.35. The highest BCUT2D eigenvalue weighted by molar-refractivity contribution is 6.27. The molecule has 3 nitrogen and oxygen atoms in total. The first kappa shape index (κ1) is 11.5. The molecule has 0 aromatic carbocycles. The lowest BCUT2D eigenvalue weighted by atomic mass is 9.79. The molecule has 4 heteroatoms. The fraction of sp³-hybridized carbons (Fsp3) is 0.769. The number of rotatable bonds is 2. The van der Waals surface area contributed by atoms with Gasteiger partial charge < -0.3 is 4.42 Å². The van der Waals surface area contributed by atoms with Crippen LogP contribution in [0.4, 0.5) is 0 Å². The van der Waals surface area contributed by atoms with Crippen LogP contribution in [-0.4, -0.2) is 29.0 Å². The Balaban J connectivity index is 1.83. The summed E-state index contributed by atoms with van der Waals surface area (Å²) in [5.41, 5.74) is 1.11. The summed E-state index contributed by atoms with van der Waals surface area (Å²) < 4.78 is 5.51. The highest BCUT2D eigenvalue weighted by atomic mass is 35.5. The highest BCUT2D eigenvalue weighted by Gasteiger charge is 2.37. The van der Waals surface area contributed by atoms with Crippen LogP contribution in [0.25, 0.3) is 0 Å². The first-order chi connectivity index (χ1) is 8.28. The van der Waals surface area contributed by atoms with Crippen LogP contribution in [0.5, 0.6) is 0 Å². The van der Waals surface area contributed by atoms with Gasteiger partial charge >= 0.3 is 0 Å². The molecule has 94 valence electrons. The number of piperidine rings is 1. The average Bonchev–Trinajstić information content (AvgIpc) is 2.66. The standard InChI is InChI=1S/C13H19ClN2O/c1-2-5-16-6-3-4-9-7-10-12(8-11(9)16)17-13(14)15-10/h9,11H,2-8H2,1H3/t9-,11-/m1/s1. The number of oxazole rings is 1. The van der Waals surface area contributed by atoms with Gasteiger partial charge in [-0.2, -0.15) is 0 Å². The number of halogens is 1. The number of aromatic nitrogens is 1. The molecule has 1 fully saturated rings. The van der Waals surface area contributed by atoms with E-state index in [-0.39, 0.29) is 0 Å². The molecule has 0 radical (unpaired) electrons. The van der Waals surface area contributed by atoms with Crippen molar-refractivity contribution in [2.75, 3.05) is 13.1 Å². The Morgan fingerprint density at radius 2 is 2.35 bits per heavy atom. The van der Waals surface area contributed by atoms with Gasteiger partial charge in [-0.25, -0.2) is 4.98 Å². The summed E-state index contributed by atoms with van der Waals surface area (Å²) in [5, 5.41) is 0.315. The van der Waals surface area contributed by atoms with Crippen molar-refractivity contribution in [3.05, 3.63) is 16.8 Å². The van der Waals surface area contributed by atoms with E-state index >= 15 is 0 Å².